The van der Waals surface area contributed by atoms with Crippen molar-refractivity contribution in [2.75, 3.05) is 5.32 Å². The summed E-state index contributed by atoms with van der Waals surface area (Å²) < 4.78 is 60.3. The van der Waals surface area contributed by atoms with E-state index in [4.69, 9.17) is 5.73 Å². The zero-order valence-corrected chi connectivity index (χ0v) is 12.6. The number of carbonyl (C=O) groups excluding carboxylic acids is 1. The van der Waals surface area contributed by atoms with Gasteiger partial charge in [-0.1, -0.05) is 6.07 Å². The third-order valence-electron chi connectivity index (χ3n) is 3.64. The SMILES string of the molecule is N[C@H]1C[C@@H](O)C[C@H]1C(=O)Nc1cccc(S(=O)(=O)C(F)(F)F)c1. The molecule has 0 spiro atoms. The van der Waals surface area contributed by atoms with Gasteiger partial charge in [-0.15, -0.1) is 0 Å². The lowest BCUT2D eigenvalue weighted by Crippen LogP contribution is -2.34. The highest BCUT2D eigenvalue weighted by molar-refractivity contribution is 7.92. The molecule has 1 saturated carbocycles. The molecule has 2 rings (SSSR count). The van der Waals surface area contributed by atoms with E-state index in [1.54, 1.807) is 0 Å². The second kappa shape index (κ2) is 6.10. The molecule has 0 aliphatic heterocycles. The molecule has 0 heterocycles. The fraction of sp³-hybridized carbons (Fsp3) is 0.462. The third-order valence-corrected chi connectivity index (χ3v) is 5.12. The van der Waals surface area contributed by atoms with Gasteiger partial charge in [0.15, 0.2) is 0 Å². The summed E-state index contributed by atoms with van der Waals surface area (Å²) >= 11 is 0. The fourth-order valence-electron chi connectivity index (χ4n) is 2.45. The van der Waals surface area contributed by atoms with Crippen molar-refractivity contribution in [3.05, 3.63) is 24.3 Å². The Hall–Kier alpha value is -1.65. The number of nitrogens with one attached hydrogen (secondary N) is 1. The van der Waals surface area contributed by atoms with Gasteiger partial charge < -0.3 is 16.2 Å². The molecule has 10 heteroatoms. The minimum Gasteiger partial charge on any atom is -0.393 e. The van der Waals surface area contributed by atoms with Crippen LogP contribution in [0.15, 0.2) is 29.2 Å². The predicted octanol–water partition coefficient (Wildman–Crippen LogP) is 1.02. The van der Waals surface area contributed by atoms with E-state index in [0.717, 1.165) is 18.2 Å². The van der Waals surface area contributed by atoms with Crippen LogP contribution in [0.5, 0.6) is 0 Å². The van der Waals surface area contributed by atoms with Crippen molar-refractivity contribution in [1.82, 2.24) is 0 Å². The van der Waals surface area contributed by atoms with Gasteiger partial charge in [0, 0.05) is 11.7 Å². The topological polar surface area (TPSA) is 109 Å². The van der Waals surface area contributed by atoms with Crippen molar-refractivity contribution in [2.45, 2.75) is 35.4 Å². The molecule has 0 aromatic heterocycles. The summed E-state index contributed by atoms with van der Waals surface area (Å²) in [4.78, 5) is 11.1. The first-order valence-electron chi connectivity index (χ1n) is 6.68. The summed E-state index contributed by atoms with van der Waals surface area (Å²) in [6, 6.07) is 3.33. The van der Waals surface area contributed by atoms with Crippen molar-refractivity contribution in [1.29, 1.82) is 0 Å². The van der Waals surface area contributed by atoms with Crippen LogP contribution in [0.25, 0.3) is 0 Å². The number of alkyl halides is 3. The fourth-order valence-corrected chi connectivity index (χ4v) is 3.26. The molecule has 0 radical (unpaired) electrons. The number of nitrogens with two attached hydrogens (primary N) is 1. The quantitative estimate of drug-likeness (QED) is 0.752. The molecule has 0 saturated heterocycles. The first kappa shape index (κ1) is 17.7. The number of hydrogen-bond acceptors (Lipinski definition) is 5. The summed E-state index contributed by atoms with van der Waals surface area (Å²) in [5.41, 5.74) is 0.203. The number of halogens is 3. The highest BCUT2D eigenvalue weighted by atomic mass is 32.2. The number of aliphatic hydroxyl groups is 1. The second-order valence-electron chi connectivity index (χ2n) is 5.36. The maximum atomic E-state index is 12.5. The molecule has 0 unspecified atom stereocenters. The molecule has 0 bridgehead atoms. The molecular formula is C13H15F3N2O4S. The number of rotatable bonds is 3. The van der Waals surface area contributed by atoms with Crippen LogP contribution in [-0.2, 0) is 14.6 Å². The van der Waals surface area contributed by atoms with Gasteiger partial charge in [-0.2, -0.15) is 13.2 Å². The smallest absolute Gasteiger partial charge is 0.393 e. The second-order valence-corrected chi connectivity index (χ2v) is 7.30. The van der Waals surface area contributed by atoms with E-state index in [9.17, 15) is 31.5 Å². The third kappa shape index (κ3) is 3.65. The Kier molecular flexibility index (Phi) is 4.69. The van der Waals surface area contributed by atoms with Gasteiger partial charge >= 0.3 is 5.51 Å². The van der Waals surface area contributed by atoms with E-state index in [-0.39, 0.29) is 18.5 Å². The van der Waals surface area contributed by atoms with Gasteiger partial charge in [-0.3, -0.25) is 4.79 Å². The number of aliphatic hydroxyl groups excluding tert-OH is 1. The monoisotopic (exact) mass is 352 g/mol. The number of anilines is 1. The molecular weight excluding hydrogens is 337 g/mol. The van der Waals surface area contributed by atoms with E-state index >= 15 is 0 Å². The largest absolute Gasteiger partial charge is 0.501 e. The van der Waals surface area contributed by atoms with Crippen LogP contribution in [0.4, 0.5) is 18.9 Å². The summed E-state index contributed by atoms with van der Waals surface area (Å²) in [6.45, 7) is 0. The molecule has 1 amide bonds. The lowest BCUT2D eigenvalue weighted by Gasteiger charge is -2.15. The lowest BCUT2D eigenvalue weighted by molar-refractivity contribution is -0.120. The van der Waals surface area contributed by atoms with Crippen molar-refractivity contribution >= 4 is 21.4 Å². The average Bonchev–Trinajstić information content (AvgIpc) is 2.77. The Labute approximate surface area is 130 Å². The molecule has 4 N–H and O–H groups in total. The van der Waals surface area contributed by atoms with E-state index < -0.39 is 44.2 Å². The van der Waals surface area contributed by atoms with Crippen LogP contribution in [0.1, 0.15) is 12.8 Å². The van der Waals surface area contributed by atoms with E-state index in [1.165, 1.54) is 6.07 Å². The molecule has 3 atom stereocenters. The molecule has 1 aliphatic carbocycles. The average molecular weight is 352 g/mol. The molecule has 6 nitrogen and oxygen atoms in total. The van der Waals surface area contributed by atoms with E-state index in [2.05, 4.69) is 5.32 Å². The Morgan fingerprint density at radius 2 is 1.96 bits per heavy atom. The van der Waals surface area contributed by atoms with Gasteiger partial charge in [0.2, 0.25) is 5.91 Å². The first-order valence-corrected chi connectivity index (χ1v) is 8.16. The highest BCUT2D eigenvalue weighted by Crippen LogP contribution is 2.32. The molecule has 1 aliphatic rings. The normalized spacial score (nSPS) is 25.3. The Bertz CT molecular complexity index is 705. The van der Waals surface area contributed by atoms with Crippen molar-refractivity contribution < 1.29 is 31.5 Å². The Balaban J connectivity index is 2.20. The lowest BCUT2D eigenvalue weighted by atomic mass is 10.0. The molecule has 23 heavy (non-hydrogen) atoms. The minimum absolute atomic E-state index is 0.0890. The van der Waals surface area contributed by atoms with Crippen molar-refractivity contribution in [3.8, 4) is 0 Å². The predicted molar refractivity (Wildman–Crippen MR) is 75.0 cm³/mol. The van der Waals surface area contributed by atoms with Crippen LogP contribution < -0.4 is 11.1 Å². The van der Waals surface area contributed by atoms with Gasteiger partial charge in [0.05, 0.1) is 16.9 Å². The summed E-state index contributed by atoms with van der Waals surface area (Å²) in [6.07, 6.45) is -0.314. The van der Waals surface area contributed by atoms with Crippen LogP contribution in [0.2, 0.25) is 0 Å². The van der Waals surface area contributed by atoms with Crippen molar-refractivity contribution in [3.63, 3.8) is 0 Å². The minimum atomic E-state index is -5.49. The zero-order chi connectivity index (χ0) is 17.4. The number of hydrogen-bond donors (Lipinski definition) is 3. The van der Waals surface area contributed by atoms with E-state index in [0.29, 0.717) is 0 Å². The maximum absolute atomic E-state index is 12.5. The number of carbonyl (C=O) groups is 1. The van der Waals surface area contributed by atoms with Crippen LogP contribution in [0, 0.1) is 5.92 Å². The highest BCUT2D eigenvalue weighted by Gasteiger charge is 2.47. The molecule has 1 aromatic carbocycles. The zero-order valence-electron chi connectivity index (χ0n) is 11.7. The van der Waals surface area contributed by atoms with Crippen LogP contribution >= 0.6 is 0 Å². The van der Waals surface area contributed by atoms with Crippen LogP contribution in [-0.4, -0.2) is 37.1 Å². The first-order chi connectivity index (χ1) is 10.5. The number of benzene rings is 1. The van der Waals surface area contributed by atoms with Gasteiger partial charge in [0.25, 0.3) is 9.84 Å². The Morgan fingerprint density at radius 3 is 2.48 bits per heavy atom. The summed E-state index contributed by atoms with van der Waals surface area (Å²) in [7, 11) is -5.49. The van der Waals surface area contributed by atoms with Crippen molar-refractivity contribution in [2.24, 2.45) is 11.7 Å². The van der Waals surface area contributed by atoms with E-state index in [1.807, 2.05) is 0 Å². The molecule has 1 fully saturated rings. The summed E-state index contributed by atoms with van der Waals surface area (Å²) in [5.74, 6) is -1.26. The Morgan fingerprint density at radius 1 is 1.30 bits per heavy atom. The van der Waals surface area contributed by atoms with Gasteiger partial charge in [-0.05, 0) is 31.0 Å². The van der Waals surface area contributed by atoms with Crippen LogP contribution in [0.3, 0.4) is 0 Å². The standard InChI is InChI=1S/C13H15F3N2O4S/c14-13(15,16)23(21,22)9-3-1-2-7(4-9)18-12(20)10-5-8(19)6-11(10)17/h1-4,8,10-11,19H,5-6,17H2,(H,18,20)/t8-,10+,11-/m0/s1. The summed E-state index contributed by atoms with van der Waals surface area (Å²) in [5, 5.41) is 11.8. The molecule has 128 valence electrons. The number of amides is 1. The molecule has 1 aromatic rings. The maximum Gasteiger partial charge on any atom is 0.501 e. The van der Waals surface area contributed by atoms with Gasteiger partial charge in [-0.25, -0.2) is 8.42 Å². The van der Waals surface area contributed by atoms with Gasteiger partial charge in [0.1, 0.15) is 0 Å². The number of sulfone groups is 1.